The van der Waals surface area contributed by atoms with Crippen molar-refractivity contribution in [1.82, 2.24) is 5.09 Å². The standard InChI is InChI=1S/C18H20N2O7P/c1-12(2)25-18(21)13(3)19-28(24)27-17-7-5-4-6-16(17)26-15-10-8-14(9-11-15)20(22)23/h4-13H,1-3H3,(H,19,24)/q+1. The number of nitrogens with one attached hydrogen (secondary N) is 1. The Morgan fingerprint density at radius 2 is 1.68 bits per heavy atom. The van der Waals surface area contributed by atoms with E-state index in [0.29, 0.717) is 5.75 Å². The highest BCUT2D eigenvalue weighted by Crippen LogP contribution is 2.36. The zero-order valence-electron chi connectivity index (χ0n) is 15.5. The third kappa shape index (κ3) is 6.29. The van der Waals surface area contributed by atoms with E-state index in [9.17, 15) is 19.5 Å². The fourth-order valence-electron chi connectivity index (χ4n) is 2.03. The lowest BCUT2D eigenvalue weighted by molar-refractivity contribution is -0.384. The van der Waals surface area contributed by atoms with Crippen molar-refractivity contribution in [2.75, 3.05) is 0 Å². The van der Waals surface area contributed by atoms with Gasteiger partial charge in [-0.3, -0.25) is 14.9 Å². The number of nitrogens with zero attached hydrogens (tertiary/aromatic N) is 1. The summed E-state index contributed by atoms with van der Waals surface area (Å²) in [6, 6.07) is 11.2. The number of nitro groups is 1. The number of rotatable bonds is 9. The van der Waals surface area contributed by atoms with Crippen molar-refractivity contribution >= 4 is 19.8 Å². The van der Waals surface area contributed by atoms with Gasteiger partial charge >= 0.3 is 14.1 Å². The molecular weight excluding hydrogens is 387 g/mol. The molecule has 0 saturated carbocycles. The van der Waals surface area contributed by atoms with Gasteiger partial charge in [-0.2, -0.15) is 0 Å². The number of ether oxygens (including phenoxy) is 2. The summed E-state index contributed by atoms with van der Waals surface area (Å²) in [5, 5.41) is 13.2. The number of nitro benzene ring substituents is 1. The van der Waals surface area contributed by atoms with Crippen molar-refractivity contribution in [3.63, 3.8) is 0 Å². The van der Waals surface area contributed by atoms with Crippen LogP contribution in [0.3, 0.4) is 0 Å². The lowest BCUT2D eigenvalue weighted by Crippen LogP contribution is -2.33. The molecule has 28 heavy (non-hydrogen) atoms. The average Bonchev–Trinajstić information content (AvgIpc) is 2.63. The van der Waals surface area contributed by atoms with Gasteiger partial charge in [-0.05, 0) is 45.0 Å². The van der Waals surface area contributed by atoms with E-state index < -0.39 is 25.1 Å². The first kappa shape index (κ1) is 21.3. The van der Waals surface area contributed by atoms with Crippen LogP contribution in [0.15, 0.2) is 48.5 Å². The second-order valence-corrected chi connectivity index (χ2v) is 6.94. The molecule has 0 bridgehead atoms. The maximum Gasteiger partial charge on any atom is 0.664 e. The largest absolute Gasteiger partial charge is 0.664 e. The van der Waals surface area contributed by atoms with Gasteiger partial charge < -0.3 is 9.47 Å². The maximum absolute atomic E-state index is 12.2. The molecule has 0 fully saturated rings. The van der Waals surface area contributed by atoms with Crippen LogP contribution in [0.5, 0.6) is 17.2 Å². The second kappa shape index (κ2) is 9.77. The first-order valence-corrected chi connectivity index (χ1v) is 9.57. The van der Waals surface area contributed by atoms with Gasteiger partial charge in [-0.1, -0.05) is 17.2 Å². The van der Waals surface area contributed by atoms with E-state index in [1.807, 2.05) is 0 Å². The summed E-state index contributed by atoms with van der Waals surface area (Å²) in [5.74, 6) is 0.244. The van der Waals surface area contributed by atoms with E-state index in [-0.39, 0.29) is 23.3 Å². The predicted octanol–water partition coefficient (Wildman–Crippen LogP) is 4.35. The van der Waals surface area contributed by atoms with Crippen LogP contribution in [-0.2, 0) is 14.1 Å². The highest BCUT2D eigenvalue weighted by molar-refractivity contribution is 7.37. The van der Waals surface area contributed by atoms with Gasteiger partial charge in [0.1, 0.15) is 11.8 Å². The molecule has 2 aromatic carbocycles. The molecule has 1 N–H and O–H groups in total. The molecule has 0 amide bonds. The summed E-state index contributed by atoms with van der Waals surface area (Å²) in [6.07, 6.45) is -0.286. The molecule has 0 aliphatic heterocycles. The fourth-order valence-corrected chi connectivity index (χ4v) is 2.84. The van der Waals surface area contributed by atoms with E-state index >= 15 is 0 Å². The normalized spacial score (nSPS) is 12.2. The Morgan fingerprint density at radius 3 is 2.25 bits per heavy atom. The van der Waals surface area contributed by atoms with Crippen molar-refractivity contribution in [2.24, 2.45) is 0 Å². The summed E-state index contributed by atoms with van der Waals surface area (Å²) in [7, 11) is -2.43. The van der Waals surface area contributed by atoms with Crippen LogP contribution in [0.2, 0.25) is 0 Å². The molecule has 0 saturated heterocycles. The Balaban J connectivity index is 2.04. The summed E-state index contributed by atoms with van der Waals surface area (Å²) < 4.78 is 28.3. The highest BCUT2D eigenvalue weighted by Gasteiger charge is 2.30. The molecular formula is C18H20N2O7P+. The Morgan fingerprint density at radius 1 is 1.07 bits per heavy atom. The first-order valence-electron chi connectivity index (χ1n) is 8.39. The fraction of sp³-hybridized carbons (Fsp3) is 0.278. The van der Waals surface area contributed by atoms with Gasteiger partial charge in [-0.15, -0.1) is 0 Å². The molecule has 0 aliphatic rings. The third-order valence-corrected chi connectivity index (χ3v) is 4.27. The number of carbonyl (C=O) groups is 1. The predicted molar refractivity (Wildman–Crippen MR) is 102 cm³/mol. The van der Waals surface area contributed by atoms with E-state index in [0.717, 1.165) is 0 Å². The molecule has 9 nitrogen and oxygen atoms in total. The lowest BCUT2D eigenvalue weighted by atomic mass is 10.3. The second-order valence-electron chi connectivity index (χ2n) is 5.98. The van der Waals surface area contributed by atoms with Gasteiger partial charge in [0.25, 0.3) is 5.69 Å². The number of hydrogen-bond donors (Lipinski definition) is 1. The van der Waals surface area contributed by atoms with Crippen LogP contribution in [0.1, 0.15) is 20.8 Å². The zero-order chi connectivity index (χ0) is 20.7. The number of benzene rings is 2. The minimum Gasteiger partial charge on any atom is -0.462 e. The van der Waals surface area contributed by atoms with E-state index in [4.69, 9.17) is 14.0 Å². The molecule has 2 rings (SSSR count). The number of esters is 1. The summed E-state index contributed by atoms with van der Waals surface area (Å²) in [4.78, 5) is 22.0. The molecule has 0 radical (unpaired) electrons. The van der Waals surface area contributed by atoms with Crippen LogP contribution in [0, 0.1) is 10.1 Å². The molecule has 0 aromatic heterocycles. The molecule has 0 aliphatic carbocycles. The third-order valence-electron chi connectivity index (χ3n) is 3.31. The Hall–Kier alpha value is -3.03. The molecule has 2 unspecified atom stereocenters. The van der Waals surface area contributed by atoms with Crippen molar-refractivity contribution < 1.29 is 28.3 Å². The quantitative estimate of drug-likeness (QED) is 0.282. The topological polar surface area (TPSA) is 117 Å². The summed E-state index contributed by atoms with van der Waals surface area (Å²) in [5.41, 5.74) is -0.0635. The SMILES string of the molecule is CC(C)OC(=O)C(C)N[P+](=O)Oc1ccccc1Oc1ccc([N+](=O)[O-])cc1. The summed E-state index contributed by atoms with van der Waals surface area (Å²) in [6.45, 7) is 4.94. The molecule has 2 aromatic rings. The van der Waals surface area contributed by atoms with Crippen LogP contribution in [-0.4, -0.2) is 23.0 Å². The molecule has 148 valence electrons. The van der Waals surface area contributed by atoms with E-state index in [1.54, 1.807) is 38.1 Å². The number of carbonyl (C=O) groups excluding carboxylic acids is 1. The van der Waals surface area contributed by atoms with Gasteiger partial charge in [0.05, 0.1) is 11.0 Å². The highest BCUT2D eigenvalue weighted by atomic mass is 31.1. The molecule has 0 heterocycles. The van der Waals surface area contributed by atoms with Gasteiger partial charge in [0.15, 0.2) is 5.75 Å². The Labute approximate surface area is 162 Å². The van der Waals surface area contributed by atoms with Gasteiger partial charge in [0, 0.05) is 16.7 Å². The zero-order valence-corrected chi connectivity index (χ0v) is 16.4. The van der Waals surface area contributed by atoms with E-state index in [1.165, 1.54) is 31.2 Å². The van der Waals surface area contributed by atoms with Gasteiger partial charge in [-0.25, -0.2) is 4.52 Å². The molecule has 2 atom stereocenters. The van der Waals surface area contributed by atoms with Crippen molar-refractivity contribution in [3.05, 3.63) is 58.6 Å². The Kier molecular flexibility index (Phi) is 7.43. The first-order chi connectivity index (χ1) is 13.3. The maximum atomic E-state index is 12.2. The number of non-ortho nitro benzene ring substituents is 1. The Bertz CT molecular complexity index is 855. The van der Waals surface area contributed by atoms with Gasteiger partial charge in [0.2, 0.25) is 5.75 Å². The van der Waals surface area contributed by atoms with Crippen LogP contribution in [0.25, 0.3) is 0 Å². The minimum atomic E-state index is -2.43. The number of hydrogen-bond acceptors (Lipinski definition) is 7. The lowest BCUT2D eigenvalue weighted by Gasteiger charge is -2.10. The monoisotopic (exact) mass is 407 g/mol. The number of para-hydroxylation sites is 2. The molecule has 0 spiro atoms. The van der Waals surface area contributed by atoms with Crippen molar-refractivity contribution in [3.8, 4) is 17.2 Å². The summed E-state index contributed by atoms with van der Waals surface area (Å²) >= 11 is 0. The van der Waals surface area contributed by atoms with Crippen LogP contribution < -0.4 is 14.3 Å². The van der Waals surface area contributed by atoms with Crippen LogP contribution >= 0.6 is 8.18 Å². The average molecular weight is 407 g/mol. The van der Waals surface area contributed by atoms with Crippen molar-refractivity contribution in [1.29, 1.82) is 0 Å². The van der Waals surface area contributed by atoms with E-state index in [2.05, 4.69) is 5.09 Å². The molecule has 10 heteroatoms. The van der Waals surface area contributed by atoms with Crippen LogP contribution in [0.4, 0.5) is 5.69 Å². The minimum absolute atomic E-state index is 0.0635. The van der Waals surface area contributed by atoms with Crippen molar-refractivity contribution in [2.45, 2.75) is 32.9 Å². The smallest absolute Gasteiger partial charge is 0.462 e.